The van der Waals surface area contributed by atoms with E-state index in [0.717, 1.165) is 5.01 Å². The van der Waals surface area contributed by atoms with Crippen molar-refractivity contribution in [3.8, 4) is 0 Å². The zero-order chi connectivity index (χ0) is 21.7. The second kappa shape index (κ2) is 9.58. The lowest BCUT2D eigenvalue weighted by Gasteiger charge is -2.26. The van der Waals surface area contributed by atoms with Gasteiger partial charge in [-0.2, -0.15) is 5.10 Å². The van der Waals surface area contributed by atoms with E-state index in [1.807, 2.05) is 0 Å². The molecule has 0 fully saturated rings. The fraction of sp³-hybridized carbons (Fsp3) is 0.318. The zero-order valence-corrected chi connectivity index (χ0v) is 16.8. The second-order valence-electron chi connectivity index (χ2n) is 6.94. The van der Waals surface area contributed by atoms with Gasteiger partial charge in [-0.1, -0.05) is 36.4 Å². The molecule has 2 aromatic rings. The Morgan fingerprint density at radius 3 is 2.43 bits per heavy atom. The molecule has 0 N–H and O–H groups in total. The largest absolute Gasteiger partial charge is 0.383 e. The number of hydrogen-bond donors (Lipinski definition) is 0. The molecule has 2 aromatic carbocycles. The van der Waals surface area contributed by atoms with Crippen LogP contribution in [0.1, 0.15) is 30.5 Å². The smallest absolute Gasteiger partial charge is 0.262 e. The minimum absolute atomic E-state index is 0.158. The predicted molar refractivity (Wildman–Crippen MR) is 108 cm³/mol. The standard InChI is InChI=1S/C22H23F2N3O3/c1-15(28)26(11-12-30-2)14-22(29)27-21(17-8-4-6-10-19(17)24)13-20(25-27)16-7-3-5-9-18(16)23/h3-10,21H,11-14H2,1-2H3/t21-/m0/s1. The van der Waals surface area contributed by atoms with Crippen molar-refractivity contribution in [1.82, 2.24) is 9.91 Å². The first-order valence-electron chi connectivity index (χ1n) is 9.55. The average molecular weight is 415 g/mol. The van der Waals surface area contributed by atoms with Crippen molar-refractivity contribution in [2.24, 2.45) is 5.10 Å². The molecule has 1 atom stereocenters. The van der Waals surface area contributed by atoms with Crippen LogP contribution >= 0.6 is 0 Å². The number of carbonyl (C=O) groups excluding carboxylic acids is 2. The molecule has 30 heavy (non-hydrogen) atoms. The van der Waals surface area contributed by atoms with Gasteiger partial charge in [0.05, 0.1) is 18.4 Å². The normalized spacial score (nSPS) is 15.8. The van der Waals surface area contributed by atoms with Crippen LogP contribution in [0.25, 0.3) is 0 Å². The topological polar surface area (TPSA) is 62.2 Å². The van der Waals surface area contributed by atoms with E-state index in [-0.39, 0.29) is 43.2 Å². The van der Waals surface area contributed by atoms with Gasteiger partial charge in [0.2, 0.25) is 5.91 Å². The summed E-state index contributed by atoms with van der Waals surface area (Å²) in [5, 5.41) is 5.49. The predicted octanol–water partition coefficient (Wildman–Crippen LogP) is 3.14. The van der Waals surface area contributed by atoms with Gasteiger partial charge in [0.25, 0.3) is 5.91 Å². The molecule has 1 aliphatic heterocycles. The van der Waals surface area contributed by atoms with E-state index >= 15 is 0 Å². The van der Waals surface area contributed by atoms with Crippen LogP contribution in [0.3, 0.4) is 0 Å². The number of amides is 2. The first-order chi connectivity index (χ1) is 14.4. The number of rotatable bonds is 7. The average Bonchev–Trinajstić information content (AvgIpc) is 3.16. The summed E-state index contributed by atoms with van der Waals surface area (Å²) < 4.78 is 33.8. The molecule has 6 nitrogen and oxygen atoms in total. The second-order valence-corrected chi connectivity index (χ2v) is 6.94. The fourth-order valence-electron chi connectivity index (χ4n) is 3.37. The Hall–Kier alpha value is -3.13. The lowest BCUT2D eigenvalue weighted by molar-refractivity contribution is -0.141. The minimum atomic E-state index is -0.732. The molecule has 3 rings (SSSR count). The van der Waals surface area contributed by atoms with Gasteiger partial charge in [0, 0.05) is 38.1 Å². The van der Waals surface area contributed by atoms with Crippen molar-refractivity contribution in [2.45, 2.75) is 19.4 Å². The van der Waals surface area contributed by atoms with Gasteiger partial charge < -0.3 is 9.64 Å². The summed E-state index contributed by atoms with van der Waals surface area (Å²) in [6.07, 6.45) is 0.158. The maximum absolute atomic E-state index is 14.5. The highest BCUT2D eigenvalue weighted by atomic mass is 19.1. The van der Waals surface area contributed by atoms with Crippen LogP contribution in [0.4, 0.5) is 8.78 Å². The molecule has 0 aliphatic carbocycles. The summed E-state index contributed by atoms with van der Waals surface area (Å²) in [4.78, 5) is 26.3. The molecule has 0 bridgehead atoms. The molecule has 8 heteroatoms. The molecular weight excluding hydrogens is 392 g/mol. The van der Waals surface area contributed by atoms with Gasteiger partial charge in [-0.25, -0.2) is 13.8 Å². The molecule has 0 radical (unpaired) electrons. The summed E-state index contributed by atoms with van der Waals surface area (Å²) in [5.74, 6) is -1.72. The van der Waals surface area contributed by atoms with Crippen LogP contribution in [0, 0.1) is 11.6 Å². The molecule has 158 valence electrons. The van der Waals surface area contributed by atoms with Crippen molar-refractivity contribution in [3.05, 3.63) is 71.3 Å². The van der Waals surface area contributed by atoms with Gasteiger partial charge in [-0.05, 0) is 12.1 Å². The summed E-state index contributed by atoms with van der Waals surface area (Å²) in [7, 11) is 1.50. The molecule has 0 saturated carbocycles. The van der Waals surface area contributed by atoms with E-state index < -0.39 is 23.6 Å². The number of benzene rings is 2. The number of hydrazone groups is 1. The highest BCUT2D eigenvalue weighted by Crippen LogP contribution is 2.34. The van der Waals surface area contributed by atoms with Crippen molar-refractivity contribution in [1.29, 1.82) is 0 Å². The zero-order valence-electron chi connectivity index (χ0n) is 16.8. The highest BCUT2D eigenvalue weighted by molar-refractivity contribution is 6.03. The maximum Gasteiger partial charge on any atom is 0.262 e. The van der Waals surface area contributed by atoms with E-state index in [1.54, 1.807) is 36.4 Å². The highest BCUT2D eigenvalue weighted by Gasteiger charge is 2.36. The van der Waals surface area contributed by atoms with Crippen molar-refractivity contribution in [2.75, 3.05) is 26.8 Å². The lowest BCUT2D eigenvalue weighted by atomic mass is 9.97. The summed E-state index contributed by atoms with van der Waals surface area (Å²) in [5.41, 5.74) is 0.894. The van der Waals surface area contributed by atoms with Crippen molar-refractivity contribution < 1.29 is 23.1 Å². The lowest BCUT2D eigenvalue weighted by Crippen LogP contribution is -2.41. The fourth-order valence-corrected chi connectivity index (χ4v) is 3.37. The summed E-state index contributed by atoms with van der Waals surface area (Å²) in [6.45, 7) is 1.63. The first kappa shape index (κ1) is 21.6. The van der Waals surface area contributed by atoms with Crippen LogP contribution in [0.2, 0.25) is 0 Å². The van der Waals surface area contributed by atoms with Crippen molar-refractivity contribution in [3.63, 3.8) is 0 Å². The van der Waals surface area contributed by atoms with Crippen LogP contribution in [0.5, 0.6) is 0 Å². The van der Waals surface area contributed by atoms with Gasteiger partial charge in [-0.3, -0.25) is 9.59 Å². The quantitative estimate of drug-likeness (QED) is 0.698. The SMILES string of the molecule is COCCN(CC(=O)N1N=C(c2ccccc2F)C[C@H]1c1ccccc1F)C(C)=O. The molecule has 0 unspecified atom stereocenters. The van der Waals surface area contributed by atoms with Crippen LogP contribution in [0.15, 0.2) is 53.6 Å². The minimum Gasteiger partial charge on any atom is -0.383 e. The molecule has 1 aliphatic rings. The first-order valence-corrected chi connectivity index (χ1v) is 9.55. The number of halogens is 2. The number of carbonyl (C=O) groups is 2. The van der Waals surface area contributed by atoms with Crippen molar-refractivity contribution >= 4 is 17.5 Å². The number of hydrogen-bond acceptors (Lipinski definition) is 4. The Balaban J connectivity index is 1.93. The Morgan fingerprint density at radius 1 is 1.13 bits per heavy atom. The Morgan fingerprint density at radius 2 is 1.80 bits per heavy atom. The van der Waals surface area contributed by atoms with Gasteiger partial charge >= 0.3 is 0 Å². The molecule has 0 aromatic heterocycles. The van der Waals surface area contributed by atoms with Crippen LogP contribution in [-0.2, 0) is 14.3 Å². The number of methoxy groups -OCH3 is 1. The van der Waals surface area contributed by atoms with Gasteiger partial charge in [-0.15, -0.1) is 0 Å². The molecular formula is C22H23F2N3O3. The molecule has 1 heterocycles. The van der Waals surface area contributed by atoms with E-state index in [0.29, 0.717) is 5.71 Å². The number of nitrogens with zero attached hydrogens (tertiary/aromatic N) is 3. The van der Waals surface area contributed by atoms with Gasteiger partial charge in [0.15, 0.2) is 0 Å². The Bertz CT molecular complexity index is 964. The monoisotopic (exact) mass is 415 g/mol. The van der Waals surface area contributed by atoms with E-state index in [4.69, 9.17) is 4.74 Å². The summed E-state index contributed by atoms with van der Waals surface area (Å²) >= 11 is 0. The molecule has 0 saturated heterocycles. The molecule has 0 spiro atoms. The summed E-state index contributed by atoms with van der Waals surface area (Å²) in [6, 6.07) is 11.5. The third-order valence-corrected chi connectivity index (χ3v) is 4.95. The van der Waals surface area contributed by atoms with Crippen LogP contribution < -0.4 is 0 Å². The van der Waals surface area contributed by atoms with E-state index in [1.165, 1.54) is 31.1 Å². The third-order valence-electron chi connectivity index (χ3n) is 4.95. The number of ether oxygens (including phenoxy) is 1. The Labute approximate surface area is 173 Å². The van der Waals surface area contributed by atoms with Gasteiger partial charge in [0.1, 0.15) is 18.2 Å². The third kappa shape index (κ3) is 4.71. The molecule has 2 amide bonds. The van der Waals surface area contributed by atoms with E-state index in [9.17, 15) is 18.4 Å². The maximum atomic E-state index is 14.5. The Kier molecular flexibility index (Phi) is 6.89. The van der Waals surface area contributed by atoms with E-state index in [2.05, 4.69) is 5.10 Å². The van der Waals surface area contributed by atoms with Crippen LogP contribution in [-0.4, -0.2) is 54.2 Å².